The van der Waals surface area contributed by atoms with E-state index in [1.165, 1.54) is 12.8 Å². The lowest BCUT2D eigenvalue weighted by atomic mass is 10.2. The summed E-state index contributed by atoms with van der Waals surface area (Å²) in [7, 11) is 0. The minimum atomic E-state index is 0.147. The van der Waals surface area contributed by atoms with Crippen LogP contribution in [0, 0.1) is 5.92 Å². The molecule has 0 saturated heterocycles. The molecular formula is C13H17NO2. The average Bonchev–Trinajstić information content (AvgIpc) is 3.13. The standard InChI is InChI=1S/C13H17NO2/c1-2-4-13-12(3-1)15-9-11(16-13)8-14-7-10-5-6-10/h1-4,10-11,14H,5-9H2/t11-/m0/s1. The molecule has 2 aliphatic rings. The largest absolute Gasteiger partial charge is 0.486 e. The van der Waals surface area contributed by atoms with E-state index in [9.17, 15) is 0 Å². The summed E-state index contributed by atoms with van der Waals surface area (Å²) in [6.07, 6.45) is 2.92. The van der Waals surface area contributed by atoms with Gasteiger partial charge in [0.25, 0.3) is 0 Å². The highest BCUT2D eigenvalue weighted by Crippen LogP contribution is 2.31. The zero-order chi connectivity index (χ0) is 10.8. The fourth-order valence-electron chi connectivity index (χ4n) is 1.93. The van der Waals surface area contributed by atoms with Gasteiger partial charge < -0.3 is 14.8 Å². The fraction of sp³-hybridized carbons (Fsp3) is 0.538. The molecule has 0 amide bonds. The Morgan fingerprint density at radius 2 is 1.94 bits per heavy atom. The highest BCUT2D eigenvalue weighted by molar-refractivity contribution is 5.40. The summed E-state index contributed by atoms with van der Waals surface area (Å²) in [5.41, 5.74) is 0. The molecule has 1 aliphatic heterocycles. The zero-order valence-electron chi connectivity index (χ0n) is 9.32. The van der Waals surface area contributed by atoms with Gasteiger partial charge in [-0.15, -0.1) is 0 Å². The summed E-state index contributed by atoms with van der Waals surface area (Å²) < 4.78 is 11.5. The van der Waals surface area contributed by atoms with Crippen LogP contribution >= 0.6 is 0 Å². The second-order valence-corrected chi connectivity index (χ2v) is 4.60. The van der Waals surface area contributed by atoms with Crippen molar-refractivity contribution >= 4 is 0 Å². The minimum absolute atomic E-state index is 0.147. The number of ether oxygens (including phenoxy) is 2. The maximum atomic E-state index is 5.85. The van der Waals surface area contributed by atoms with Crippen LogP contribution < -0.4 is 14.8 Å². The lowest BCUT2D eigenvalue weighted by Crippen LogP contribution is -2.39. The molecule has 1 aromatic carbocycles. The minimum Gasteiger partial charge on any atom is -0.486 e. The van der Waals surface area contributed by atoms with Gasteiger partial charge in [0.05, 0.1) is 0 Å². The van der Waals surface area contributed by atoms with E-state index in [1.54, 1.807) is 0 Å². The van der Waals surface area contributed by atoms with Gasteiger partial charge in [-0.1, -0.05) is 12.1 Å². The van der Waals surface area contributed by atoms with Crippen molar-refractivity contribution in [2.24, 2.45) is 5.92 Å². The molecule has 3 nitrogen and oxygen atoms in total. The number of hydrogen-bond donors (Lipinski definition) is 1. The molecule has 0 spiro atoms. The summed E-state index contributed by atoms with van der Waals surface area (Å²) >= 11 is 0. The molecule has 16 heavy (non-hydrogen) atoms. The predicted octanol–water partition coefficient (Wildman–Crippen LogP) is 1.83. The average molecular weight is 219 g/mol. The normalized spacial score (nSPS) is 23.1. The van der Waals surface area contributed by atoms with Crippen LogP contribution in [0.5, 0.6) is 11.5 Å². The summed E-state index contributed by atoms with van der Waals surface area (Å²) in [6, 6.07) is 7.85. The third-order valence-corrected chi connectivity index (χ3v) is 3.07. The number of hydrogen-bond acceptors (Lipinski definition) is 3. The van der Waals surface area contributed by atoms with Gasteiger partial charge in [-0.25, -0.2) is 0 Å². The molecule has 0 radical (unpaired) electrons. The fourth-order valence-corrected chi connectivity index (χ4v) is 1.93. The number of para-hydroxylation sites is 2. The smallest absolute Gasteiger partial charge is 0.161 e. The first-order valence-corrected chi connectivity index (χ1v) is 6.01. The molecule has 1 heterocycles. The van der Waals surface area contributed by atoms with Crippen molar-refractivity contribution < 1.29 is 9.47 Å². The van der Waals surface area contributed by atoms with Crippen molar-refractivity contribution in [3.8, 4) is 11.5 Å². The van der Waals surface area contributed by atoms with Gasteiger partial charge in [0, 0.05) is 6.54 Å². The molecule has 1 fully saturated rings. The molecule has 1 N–H and O–H groups in total. The maximum Gasteiger partial charge on any atom is 0.161 e. The highest BCUT2D eigenvalue weighted by atomic mass is 16.6. The third-order valence-electron chi connectivity index (χ3n) is 3.07. The molecule has 86 valence electrons. The van der Waals surface area contributed by atoms with Gasteiger partial charge in [-0.2, -0.15) is 0 Å². The quantitative estimate of drug-likeness (QED) is 0.838. The van der Waals surface area contributed by atoms with Gasteiger partial charge in [-0.05, 0) is 37.4 Å². The van der Waals surface area contributed by atoms with Crippen molar-refractivity contribution in [1.82, 2.24) is 5.32 Å². The third kappa shape index (κ3) is 2.30. The molecule has 1 aromatic rings. The maximum absolute atomic E-state index is 5.85. The van der Waals surface area contributed by atoms with E-state index in [1.807, 2.05) is 24.3 Å². The Labute approximate surface area is 95.8 Å². The van der Waals surface area contributed by atoms with Gasteiger partial charge in [0.2, 0.25) is 0 Å². The van der Waals surface area contributed by atoms with E-state index in [-0.39, 0.29) is 6.10 Å². The molecule has 1 atom stereocenters. The number of rotatable bonds is 4. The predicted molar refractivity (Wildman–Crippen MR) is 61.9 cm³/mol. The van der Waals surface area contributed by atoms with Crippen molar-refractivity contribution in [3.63, 3.8) is 0 Å². The Morgan fingerprint density at radius 1 is 1.12 bits per heavy atom. The van der Waals surface area contributed by atoms with E-state index < -0.39 is 0 Å². The Kier molecular flexibility index (Phi) is 2.70. The van der Waals surface area contributed by atoms with Crippen LogP contribution in [0.1, 0.15) is 12.8 Å². The zero-order valence-corrected chi connectivity index (χ0v) is 9.32. The van der Waals surface area contributed by atoms with Crippen LogP contribution in [0.25, 0.3) is 0 Å². The van der Waals surface area contributed by atoms with Crippen LogP contribution in [-0.4, -0.2) is 25.8 Å². The molecule has 1 saturated carbocycles. The Hall–Kier alpha value is -1.22. The second-order valence-electron chi connectivity index (χ2n) is 4.60. The Bertz CT molecular complexity index is 363. The van der Waals surface area contributed by atoms with Gasteiger partial charge >= 0.3 is 0 Å². The van der Waals surface area contributed by atoms with Crippen LogP contribution in [-0.2, 0) is 0 Å². The van der Waals surface area contributed by atoms with E-state index in [0.717, 1.165) is 30.5 Å². The van der Waals surface area contributed by atoms with Crippen molar-refractivity contribution in [2.75, 3.05) is 19.7 Å². The van der Waals surface area contributed by atoms with Crippen molar-refractivity contribution in [3.05, 3.63) is 24.3 Å². The second kappa shape index (κ2) is 4.34. The lowest BCUT2D eigenvalue weighted by molar-refractivity contribution is 0.0903. The first-order chi connectivity index (χ1) is 7.92. The van der Waals surface area contributed by atoms with Gasteiger partial charge in [-0.3, -0.25) is 0 Å². The molecule has 3 heteroatoms. The molecular weight excluding hydrogens is 202 g/mol. The number of fused-ring (bicyclic) bond motifs is 1. The number of nitrogens with one attached hydrogen (secondary N) is 1. The highest BCUT2D eigenvalue weighted by Gasteiger charge is 2.23. The van der Waals surface area contributed by atoms with Crippen molar-refractivity contribution in [1.29, 1.82) is 0 Å². The molecule has 3 rings (SSSR count). The van der Waals surface area contributed by atoms with E-state index in [4.69, 9.17) is 9.47 Å². The Balaban J connectivity index is 1.51. The summed E-state index contributed by atoms with van der Waals surface area (Å²) in [5, 5.41) is 3.44. The first kappa shape index (κ1) is 9.97. The monoisotopic (exact) mass is 219 g/mol. The molecule has 0 aromatic heterocycles. The topological polar surface area (TPSA) is 30.5 Å². The van der Waals surface area contributed by atoms with E-state index in [2.05, 4.69) is 5.32 Å². The molecule has 1 aliphatic carbocycles. The number of benzene rings is 1. The van der Waals surface area contributed by atoms with E-state index >= 15 is 0 Å². The van der Waals surface area contributed by atoms with Crippen LogP contribution in [0.15, 0.2) is 24.3 Å². The summed E-state index contributed by atoms with van der Waals surface area (Å²) in [4.78, 5) is 0. The summed E-state index contributed by atoms with van der Waals surface area (Å²) in [5.74, 6) is 2.64. The SMILES string of the molecule is c1ccc2c(c1)OC[C@H](CNCC1CC1)O2. The van der Waals surface area contributed by atoms with Crippen LogP contribution in [0.4, 0.5) is 0 Å². The molecule has 0 unspecified atom stereocenters. The lowest BCUT2D eigenvalue weighted by Gasteiger charge is -2.26. The van der Waals surface area contributed by atoms with Crippen molar-refractivity contribution in [2.45, 2.75) is 18.9 Å². The summed E-state index contributed by atoms with van der Waals surface area (Å²) in [6.45, 7) is 2.65. The van der Waals surface area contributed by atoms with Crippen LogP contribution in [0.2, 0.25) is 0 Å². The Morgan fingerprint density at radius 3 is 2.75 bits per heavy atom. The first-order valence-electron chi connectivity index (χ1n) is 6.01. The van der Waals surface area contributed by atoms with E-state index in [0.29, 0.717) is 6.61 Å². The van der Waals surface area contributed by atoms with Gasteiger partial charge in [0.1, 0.15) is 12.7 Å². The van der Waals surface area contributed by atoms with Gasteiger partial charge in [0.15, 0.2) is 11.5 Å². The van der Waals surface area contributed by atoms with Crippen LogP contribution in [0.3, 0.4) is 0 Å². The molecule has 0 bridgehead atoms.